The van der Waals surface area contributed by atoms with Gasteiger partial charge in [0.25, 0.3) is 11.6 Å². The smallest absolute Gasteiger partial charge is 0.287 e. The van der Waals surface area contributed by atoms with Gasteiger partial charge in [-0.3, -0.25) is 14.9 Å². The molecule has 2 rings (SSSR count). The van der Waals surface area contributed by atoms with Crippen molar-refractivity contribution in [3.63, 3.8) is 0 Å². The topological polar surface area (TPSA) is 77.6 Å². The number of hydrogen-bond acceptors (Lipinski definition) is 4. The predicted octanol–water partition coefficient (Wildman–Crippen LogP) is 1.40. The molecule has 1 saturated heterocycles. The molecule has 0 saturated carbocycles. The Bertz CT molecular complexity index is 531. The van der Waals surface area contributed by atoms with Crippen LogP contribution in [0.4, 0.5) is 5.69 Å². The van der Waals surface area contributed by atoms with E-state index < -0.39 is 4.92 Å². The van der Waals surface area contributed by atoms with Gasteiger partial charge < -0.3 is 14.2 Å². The number of alkyl halides is 1. The van der Waals surface area contributed by atoms with Crippen LogP contribution in [0.15, 0.2) is 12.3 Å². The van der Waals surface area contributed by atoms with Crippen molar-refractivity contribution in [3.05, 3.63) is 28.1 Å². The third kappa shape index (κ3) is 2.94. The molecular formula is C12H16ClN3O4. The van der Waals surface area contributed by atoms with Gasteiger partial charge in [-0.1, -0.05) is 0 Å². The van der Waals surface area contributed by atoms with Gasteiger partial charge in [-0.25, -0.2) is 0 Å². The van der Waals surface area contributed by atoms with E-state index in [9.17, 15) is 14.9 Å². The molecule has 0 aromatic carbocycles. The van der Waals surface area contributed by atoms with Gasteiger partial charge in [-0.05, 0) is 6.92 Å². The van der Waals surface area contributed by atoms with Crippen molar-refractivity contribution in [3.8, 4) is 0 Å². The molecule has 1 amide bonds. The number of halogens is 1. The van der Waals surface area contributed by atoms with Gasteiger partial charge in [0.1, 0.15) is 5.69 Å². The summed E-state index contributed by atoms with van der Waals surface area (Å²) in [5.74, 6) is 0.0624. The lowest BCUT2D eigenvalue weighted by atomic mass is 10.2. The molecule has 20 heavy (non-hydrogen) atoms. The first-order valence-electron chi connectivity index (χ1n) is 6.23. The monoisotopic (exact) mass is 301 g/mol. The second-order valence-electron chi connectivity index (χ2n) is 4.88. The highest BCUT2D eigenvalue weighted by molar-refractivity contribution is 6.18. The number of amides is 1. The van der Waals surface area contributed by atoms with Crippen LogP contribution in [0.3, 0.4) is 0 Å². The van der Waals surface area contributed by atoms with Crippen LogP contribution in [0.2, 0.25) is 0 Å². The SMILES string of the molecule is CC1CN(C(=O)c2cc([N+](=O)[O-])cn2C)CC(CCl)O1. The van der Waals surface area contributed by atoms with E-state index in [0.717, 1.165) is 0 Å². The van der Waals surface area contributed by atoms with Crippen LogP contribution in [-0.4, -0.2) is 51.5 Å². The van der Waals surface area contributed by atoms with Crippen molar-refractivity contribution in [2.75, 3.05) is 19.0 Å². The average Bonchev–Trinajstić information content (AvgIpc) is 2.79. The number of morpholine rings is 1. The van der Waals surface area contributed by atoms with Crippen molar-refractivity contribution in [2.45, 2.75) is 19.1 Å². The molecule has 0 spiro atoms. The van der Waals surface area contributed by atoms with E-state index in [2.05, 4.69) is 0 Å². The van der Waals surface area contributed by atoms with Crippen LogP contribution < -0.4 is 0 Å². The summed E-state index contributed by atoms with van der Waals surface area (Å²) in [4.78, 5) is 24.3. The lowest BCUT2D eigenvalue weighted by Crippen LogP contribution is -2.50. The molecule has 1 aliphatic rings. The number of nitro groups is 1. The zero-order valence-corrected chi connectivity index (χ0v) is 12.0. The Labute approximate surface area is 121 Å². The van der Waals surface area contributed by atoms with Gasteiger partial charge in [0.15, 0.2) is 0 Å². The van der Waals surface area contributed by atoms with Crippen molar-refractivity contribution < 1.29 is 14.5 Å². The van der Waals surface area contributed by atoms with Crippen LogP contribution in [0.25, 0.3) is 0 Å². The summed E-state index contributed by atoms with van der Waals surface area (Å²) in [5, 5.41) is 10.7. The highest BCUT2D eigenvalue weighted by atomic mass is 35.5. The summed E-state index contributed by atoms with van der Waals surface area (Å²) < 4.78 is 7.05. The molecule has 2 unspecified atom stereocenters. The molecule has 1 aliphatic heterocycles. The Morgan fingerprint density at radius 3 is 2.85 bits per heavy atom. The van der Waals surface area contributed by atoms with Crippen LogP contribution in [0.1, 0.15) is 17.4 Å². The van der Waals surface area contributed by atoms with Gasteiger partial charge in [0, 0.05) is 26.2 Å². The standard InChI is InChI=1S/C12H16ClN3O4/c1-8-5-15(7-10(4-13)20-8)12(17)11-3-9(16(18)19)6-14(11)2/h3,6,8,10H,4-5,7H2,1-2H3. The van der Waals surface area contributed by atoms with E-state index >= 15 is 0 Å². The van der Waals surface area contributed by atoms with Crippen molar-refractivity contribution in [1.82, 2.24) is 9.47 Å². The molecule has 1 aromatic rings. The fourth-order valence-electron chi connectivity index (χ4n) is 2.32. The van der Waals surface area contributed by atoms with E-state index in [1.165, 1.54) is 16.8 Å². The molecule has 2 heterocycles. The minimum Gasteiger partial charge on any atom is -0.370 e. The number of nitrogens with zero attached hydrogens (tertiary/aromatic N) is 3. The van der Waals surface area contributed by atoms with E-state index in [0.29, 0.717) is 24.7 Å². The summed E-state index contributed by atoms with van der Waals surface area (Å²) >= 11 is 5.78. The van der Waals surface area contributed by atoms with Crippen LogP contribution in [0.5, 0.6) is 0 Å². The second-order valence-corrected chi connectivity index (χ2v) is 5.19. The number of aryl methyl sites for hydroxylation is 1. The molecule has 7 nitrogen and oxygen atoms in total. The zero-order chi connectivity index (χ0) is 14.9. The van der Waals surface area contributed by atoms with Crippen LogP contribution >= 0.6 is 11.6 Å². The van der Waals surface area contributed by atoms with Gasteiger partial charge in [0.05, 0.1) is 29.2 Å². The highest BCUT2D eigenvalue weighted by Gasteiger charge is 2.30. The first-order chi connectivity index (χ1) is 9.42. The highest BCUT2D eigenvalue weighted by Crippen LogP contribution is 2.19. The van der Waals surface area contributed by atoms with E-state index in [-0.39, 0.29) is 23.8 Å². The fourth-order valence-corrected chi connectivity index (χ4v) is 2.49. The first kappa shape index (κ1) is 14.8. The maximum atomic E-state index is 12.4. The third-order valence-electron chi connectivity index (χ3n) is 3.21. The largest absolute Gasteiger partial charge is 0.370 e. The Kier molecular flexibility index (Phi) is 4.29. The molecule has 2 atom stereocenters. The van der Waals surface area contributed by atoms with Gasteiger partial charge in [-0.15, -0.1) is 11.6 Å². The predicted molar refractivity (Wildman–Crippen MR) is 73.0 cm³/mol. The maximum absolute atomic E-state index is 12.4. The normalized spacial score (nSPS) is 22.9. The average molecular weight is 302 g/mol. The van der Waals surface area contributed by atoms with Gasteiger partial charge in [-0.2, -0.15) is 0 Å². The second kappa shape index (κ2) is 5.80. The molecule has 110 valence electrons. The molecular weight excluding hydrogens is 286 g/mol. The number of carbonyl (C=O) groups excluding carboxylic acids is 1. The third-order valence-corrected chi connectivity index (χ3v) is 3.55. The van der Waals surface area contributed by atoms with Gasteiger partial charge >= 0.3 is 0 Å². The summed E-state index contributed by atoms with van der Waals surface area (Å²) in [7, 11) is 1.61. The Balaban J connectivity index is 2.20. The zero-order valence-electron chi connectivity index (χ0n) is 11.3. The van der Waals surface area contributed by atoms with Crippen molar-refractivity contribution >= 4 is 23.2 Å². The van der Waals surface area contributed by atoms with E-state index in [1.807, 2.05) is 6.92 Å². The van der Waals surface area contributed by atoms with Crippen molar-refractivity contribution in [1.29, 1.82) is 0 Å². The number of hydrogen-bond donors (Lipinski definition) is 0. The molecule has 0 bridgehead atoms. The number of rotatable bonds is 3. The number of carbonyl (C=O) groups is 1. The molecule has 0 radical (unpaired) electrons. The fraction of sp³-hybridized carbons (Fsp3) is 0.583. The summed E-state index contributed by atoms with van der Waals surface area (Å²) in [5.41, 5.74) is 0.199. The van der Waals surface area contributed by atoms with E-state index in [4.69, 9.17) is 16.3 Å². The quantitative estimate of drug-likeness (QED) is 0.480. The molecule has 8 heteroatoms. The maximum Gasteiger partial charge on any atom is 0.287 e. The van der Waals surface area contributed by atoms with Crippen LogP contribution in [-0.2, 0) is 11.8 Å². The minimum absolute atomic E-state index is 0.0916. The van der Waals surface area contributed by atoms with Gasteiger partial charge in [0.2, 0.25) is 0 Å². The van der Waals surface area contributed by atoms with Crippen molar-refractivity contribution in [2.24, 2.45) is 7.05 Å². The number of aromatic nitrogens is 1. The Morgan fingerprint density at radius 2 is 2.30 bits per heavy atom. The Morgan fingerprint density at radius 1 is 1.60 bits per heavy atom. The summed E-state index contributed by atoms with van der Waals surface area (Å²) in [6.07, 6.45) is 1.02. The molecule has 0 N–H and O–H groups in total. The lowest BCUT2D eigenvalue weighted by molar-refractivity contribution is -0.384. The van der Waals surface area contributed by atoms with Crippen LogP contribution in [0, 0.1) is 10.1 Å². The first-order valence-corrected chi connectivity index (χ1v) is 6.77. The lowest BCUT2D eigenvalue weighted by Gasteiger charge is -2.36. The minimum atomic E-state index is -0.514. The van der Waals surface area contributed by atoms with E-state index in [1.54, 1.807) is 11.9 Å². The summed E-state index contributed by atoms with van der Waals surface area (Å²) in [6.45, 7) is 2.71. The number of ether oxygens (including phenoxy) is 1. The molecule has 1 fully saturated rings. The molecule has 0 aliphatic carbocycles. The summed E-state index contributed by atoms with van der Waals surface area (Å²) in [6, 6.07) is 1.29. The Hall–Kier alpha value is -1.60. The molecule has 1 aromatic heterocycles.